The van der Waals surface area contributed by atoms with Crippen LogP contribution in [0.5, 0.6) is 0 Å². The molecule has 2 bridgehead atoms. The first-order chi connectivity index (χ1) is 10.5. The summed E-state index contributed by atoms with van der Waals surface area (Å²) in [4.78, 5) is 23.1. The largest absolute Gasteiger partial charge is 0.481 e. The first kappa shape index (κ1) is 15.0. The number of aliphatic carboxylic acids is 1. The van der Waals surface area contributed by atoms with Crippen LogP contribution in [0.25, 0.3) is 0 Å². The number of benzene rings is 1. The van der Waals surface area contributed by atoms with Gasteiger partial charge in [0.25, 0.3) is 0 Å². The fourth-order valence-electron chi connectivity index (χ4n) is 3.31. The lowest BCUT2D eigenvalue weighted by molar-refractivity contribution is -0.141. The summed E-state index contributed by atoms with van der Waals surface area (Å²) in [7, 11) is 0. The summed E-state index contributed by atoms with van der Waals surface area (Å²) in [5, 5.41) is 11.9. The molecule has 0 unspecified atom stereocenters. The van der Waals surface area contributed by atoms with Crippen LogP contribution in [0, 0.1) is 11.8 Å². The Labute approximate surface area is 129 Å². The topological polar surface area (TPSA) is 75.6 Å². The van der Waals surface area contributed by atoms with Crippen LogP contribution in [0.15, 0.2) is 24.3 Å². The standard InChI is InChI=1S/C17H21NO4/c1-10(17(20)21)8-11-2-4-12(5-3-11)18-16(19)14-9-13-6-7-15(14)22-13/h2-5,10,13-15H,6-9H2,1H3,(H,18,19)(H,20,21)/t10-,13-,14-,15-/m1/s1. The highest BCUT2D eigenvalue weighted by atomic mass is 16.5. The Morgan fingerprint density at radius 2 is 2.05 bits per heavy atom. The van der Waals surface area contributed by atoms with Gasteiger partial charge >= 0.3 is 5.97 Å². The zero-order valence-electron chi connectivity index (χ0n) is 12.6. The Morgan fingerprint density at radius 3 is 2.59 bits per heavy atom. The van der Waals surface area contributed by atoms with Gasteiger partial charge in [-0.25, -0.2) is 0 Å². The lowest BCUT2D eigenvalue weighted by Gasteiger charge is -2.18. The van der Waals surface area contributed by atoms with Crippen molar-refractivity contribution in [2.45, 2.75) is 44.8 Å². The first-order valence-corrected chi connectivity index (χ1v) is 7.81. The maximum atomic E-state index is 12.3. The van der Waals surface area contributed by atoms with Crippen molar-refractivity contribution in [2.75, 3.05) is 5.32 Å². The SMILES string of the molecule is C[C@H](Cc1ccc(NC(=O)[C@@H]2C[C@H]3CC[C@H]2O3)cc1)C(=O)O. The molecule has 2 saturated heterocycles. The van der Waals surface area contributed by atoms with Crippen LogP contribution in [0.2, 0.25) is 0 Å². The van der Waals surface area contributed by atoms with Crippen LogP contribution in [-0.2, 0) is 20.7 Å². The van der Waals surface area contributed by atoms with E-state index in [1.54, 1.807) is 6.92 Å². The second-order valence-corrected chi connectivity index (χ2v) is 6.35. The van der Waals surface area contributed by atoms with Crippen molar-refractivity contribution in [1.29, 1.82) is 0 Å². The molecule has 0 saturated carbocycles. The molecule has 4 atom stereocenters. The molecule has 0 aliphatic carbocycles. The maximum Gasteiger partial charge on any atom is 0.306 e. The lowest BCUT2D eigenvalue weighted by atomic mass is 9.88. The fraction of sp³-hybridized carbons (Fsp3) is 0.529. The number of hydrogen-bond acceptors (Lipinski definition) is 3. The normalized spacial score (nSPS) is 27.6. The minimum atomic E-state index is -0.798. The number of fused-ring (bicyclic) bond motifs is 2. The first-order valence-electron chi connectivity index (χ1n) is 7.81. The molecule has 2 aliphatic heterocycles. The molecule has 1 amide bonds. The van der Waals surface area contributed by atoms with Gasteiger partial charge in [0.15, 0.2) is 0 Å². The molecule has 1 aromatic carbocycles. The summed E-state index contributed by atoms with van der Waals surface area (Å²) < 4.78 is 5.71. The van der Waals surface area contributed by atoms with Gasteiger partial charge in [-0.1, -0.05) is 19.1 Å². The van der Waals surface area contributed by atoms with Crippen molar-refractivity contribution in [3.05, 3.63) is 29.8 Å². The van der Waals surface area contributed by atoms with E-state index in [4.69, 9.17) is 9.84 Å². The van der Waals surface area contributed by atoms with E-state index in [-0.39, 0.29) is 24.0 Å². The van der Waals surface area contributed by atoms with Crippen LogP contribution >= 0.6 is 0 Å². The van der Waals surface area contributed by atoms with E-state index in [0.29, 0.717) is 6.42 Å². The monoisotopic (exact) mass is 303 g/mol. The highest BCUT2D eigenvalue weighted by molar-refractivity contribution is 5.93. The maximum absolute atomic E-state index is 12.3. The second-order valence-electron chi connectivity index (χ2n) is 6.35. The van der Waals surface area contributed by atoms with Crippen LogP contribution < -0.4 is 5.32 Å². The molecule has 5 nitrogen and oxygen atoms in total. The second kappa shape index (κ2) is 6.08. The molecule has 0 radical (unpaired) electrons. The minimum Gasteiger partial charge on any atom is -0.481 e. The number of carboxylic acids is 1. The molecule has 2 aliphatic rings. The third-order valence-electron chi connectivity index (χ3n) is 4.63. The summed E-state index contributed by atoms with van der Waals surface area (Å²) in [5.41, 5.74) is 1.70. The van der Waals surface area contributed by atoms with E-state index in [1.807, 2.05) is 24.3 Å². The average molecular weight is 303 g/mol. The molecule has 1 aromatic rings. The van der Waals surface area contributed by atoms with Gasteiger partial charge in [0.05, 0.1) is 24.0 Å². The van der Waals surface area contributed by atoms with Gasteiger partial charge in [0.1, 0.15) is 0 Å². The van der Waals surface area contributed by atoms with Crippen LogP contribution in [0.1, 0.15) is 31.7 Å². The van der Waals surface area contributed by atoms with E-state index in [1.165, 1.54) is 0 Å². The molecule has 2 N–H and O–H groups in total. The van der Waals surface area contributed by atoms with Gasteiger partial charge < -0.3 is 15.2 Å². The third-order valence-corrected chi connectivity index (χ3v) is 4.63. The van der Waals surface area contributed by atoms with E-state index in [9.17, 15) is 9.59 Å². The molecule has 2 heterocycles. The third kappa shape index (κ3) is 3.14. The van der Waals surface area contributed by atoms with Gasteiger partial charge in [-0.3, -0.25) is 9.59 Å². The highest BCUT2D eigenvalue weighted by Gasteiger charge is 2.44. The highest BCUT2D eigenvalue weighted by Crippen LogP contribution is 2.39. The van der Waals surface area contributed by atoms with Crippen molar-refractivity contribution < 1.29 is 19.4 Å². The van der Waals surface area contributed by atoms with Crippen molar-refractivity contribution in [3.8, 4) is 0 Å². The Bertz CT molecular complexity index is 569. The van der Waals surface area contributed by atoms with Crippen LogP contribution in [0.4, 0.5) is 5.69 Å². The average Bonchev–Trinajstić information content (AvgIpc) is 3.12. The minimum absolute atomic E-state index is 0.0267. The van der Waals surface area contributed by atoms with Gasteiger partial charge in [-0.15, -0.1) is 0 Å². The summed E-state index contributed by atoms with van der Waals surface area (Å²) in [6, 6.07) is 7.39. The lowest BCUT2D eigenvalue weighted by Crippen LogP contribution is -2.30. The van der Waals surface area contributed by atoms with Crippen molar-refractivity contribution in [1.82, 2.24) is 0 Å². The van der Waals surface area contributed by atoms with Gasteiger partial charge in [0.2, 0.25) is 5.91 Å². The summed E-state index contributed by atoms with van der Waals surface area (Å²) in [6.45, 7) is 1.69. The number of ether oxygens (including phenoxy) is 1. The number of rotatable bonds is 5. The molecule has 3 rings (SSSR count). The van der Waals surface area contributed by atoms with Crippen LogP contribution in [-0.4, -0.2) is 29.2 Å². The number of nitrogens with one attached hydrogen (secondary N) is 1. The Morgan fingerprint density at radius 1 is 1.32 bits per heavy atom. The van der Waals surface area contributed by atoms with Crippen molar-refractivity contribution in [3.63, 3.8) is 0 Å². The van der Waals surface area contributed by atoms with E-state index in [0.717, 1.165) is 30.5 Å². The molecular formula is C17H21NO4. The van der Waals surface area contributed by atoms with Crippen molar-refractivity contribution >= 4 is 17.6 Å². The number of carbonyl (C=O) groups is 2. The van der Waals surface area contributed by atoms with Gasteiger partial charge in [-0.05, 0) is 43.4 Å². The van der Waals surface area contributed by atoms with Gasteiger partial charge in [-0.2, -0.15) is 0 Å². The molecule has 0 spiro atoms. The predicted molar refractivity (Wildman–Crippen MR) is 81.6 cm³/mol. The molecule has 118 valence electrons. The Kier molecular flexibility index (Phi) is 4.16. The van der Waals surface area contributed by atoms with E-state index >= 15 is 0 Å². The van der Waals surface area contributed by atoms with Gasteiger partial charge in [0, 0.05) is 5.69 Å². The number of anilines is 1. The molecule has 0 aromatic heterocycles. The number of carbonyl (C=O) groups excluding carboxylic acids is 1. The van der Waals surface area contributed by atoms with Crippen LogP contribution in [0.3, 0.4) is 0 Å². The zero-order chi connectivity index (χ0) is 15.7. The van der Waals surface area contributed by atoms with E-state index in [2.05, 4.69) is 5.32 Å². The predicted octanol–water partition coefficient (Wildman–Crippen LogP) is 2.46. The summed E-state index contributed by atoms with van der Waals surface area (Å²) in [5.74, 6) is -1.22. The number of carboxylic acid groups (broad SMARTS) is 1. The molecule has 2 fully saturated rings. The fourth-order valence-corrected chi connectivity index (χ4v) is 3.31. The number of amides is 1. The van der Waals surface area contributed by atoms with Crippen molar-refractivity contribution in [2.24, 2.45) is 11.8 Å². The summed E-state index contributed by atoms with van der Waals surface area (Å²) in [6.07, 6.45) is 3.72. The summed E-state index contributed by atoms with van der Waals surface area (Å²) >= 11 is 0. The Balaban J connectivity index is 1.57. The Hall–Kier alpha value is -1.88. The molecule has 5 heteroatoms. The molecule has 22 heavy (non-hydrogen) atoms. The number of hydrogen-bond donors (Lipinski definition) is 2. The molecular weight excluding hydrogens is 282 g/mol. The quantitative estimate of drug-likeness (QED) is 0.876. The zero-order valence-corrected chi connectivity index (χ0v) is 12.6. The van der Waals surface area contributed by atoms with E-state index < -0.39 is 11.9 Å². The smallest absolute Gasteiger partial charge is 0.306 e.